The highest BCUT2D eigenvalue weighted by molar-refractivity contribution is 7.99. The largest absolute Gasteiger partial charge is 0.450 e. The highest BCUT2D eigenvalue weighted by Crippen LogP contribution is 2.35. The number of esters is 1. The van der Waals surface area contributed by atoms with E-state index in [-0.39, 0.29) is 5.76 Å². The molecule has 2 N–H and O–H groups in total. The number of rotatable bonds is 6. The molecule has 0 bridgehead atoms. The van der Waals surface area contributed by atoms with E-state index in [1.165, 1.54) is 32.1 Å². The number of furan rings is 1. The molecule has 0 aliphatic heterocycles. The molecule has 24 heavy (non-hydrogen) atoms. The highest BCUT2D eigenvalue weighted by atomic mass is 32.2. The van der Waals surface area contributed by atoms with Crippen LogP contribution >= 0.6 is 11.8 Å². The zero-order chi connectivity index (χ0) is 16.9. The zero-order valence-electron chi connectivity index (χ0n) is 13.5. The molecule has 1 aromatic carbocycles. The van der Waals surface area contributed by atoms with E-state index in [9.17, 15) is 9.59 Å². The fraction of sp³-hybridized carbons (Fsp3) is 0.444. The number of hydrogen-bond acceptors (Lipinski definition) is 5. The number of carbonyl (C=O) groups excluding carboxylic acids is 2. The van der Waals surface area contributed by atoms with Crippen LogP contribution in [0.3, 0.4) is 0 Å². The quantitative estimate of drug-likeness (QED) is 0.807. The third kappa shape index (κ3) is 3.93. The van der Waals surface area contributed by atoms with Crippen LogP contribution in [0.25, 0.3) is 11.0 Å². The van der Waals surface area contributed by atoms with E-state index in [0.29, 0.717) is 16.6 Å². The first-order valence-corrected chi connectivity index (χ1v) is 9.27. The van der Waals surface area contributed by atoms with Crippen LogP contribution < -0.4 is 5.73 Å². The molecule has 0 spiro atoms. The van der Waals surface area contributed by atoms with E-state index in [2.05, 4.69) is 0 Å². The number of fused-ring (bicyclic) bond motifs is 1. The Labute approximate surface area is 144 Å². The Morgan fingerprint density at radius 1 is 1.21 bits per heavy atom. The van der Waals surface area contributed by atoms with Crippen LogP contribution in [-0.4, -0.2) is 23.7 Å². The molecule has 0 radical (unpaired) electrons. The van der Waals surface area contributed by atoms with Crippen LogP contribution in [0.1, 0.15) is 48.2 Å². The first-order chi connectivity index (χ1) is 11.6. The molecule has 1 heterocycles. The molecule has 5 nitrogen and oxygen atoms in total. The number of carbonyl (C=O) groups is 2. The first-order valence-electron chi connectivity index (χ1n) is 8.22. The second-order valence-electron chi connectivity index (χ2n) is 6.02. The van der Waals surface area contributed by atoms with E-state index in [1.807, 2.05) is 36.0 Å². The van der Waals surface area contributed by atoms with Crippen molar-refractivity contribution < 1.29 is 18.7 Å². The Kier molecular flexibility index (Phi) is 5.45. The lowest BCUT2D eigenvalue weighted by Crippen LogP contribution is -2.21. The standard InChI is InChI=1S/C18H21NO4S/c19-16(20)10-22-18(21)17-14(11-24-12-6-2-1-3-7-12)13-8-4-5-9-15(13)23-17/h4-5,8-9,12H,1-3,6-7,10-11H2,(H2,19,20). The SMILES string of the molecule is NC(=O)COC(=O)c1oc2ccccc2c1CSC1CCCCC1. The molecule has 0 atom stereocenters. The maximum Gasteiger partial charge on any atom is 0.375 e. The van der Waals surface area contributed by atoms with Gasteiger partial charge < -0.3 is 14.9 Å². The predicted molar refractivity (Wildman–Crippen MR) is 93.9 cm³/mol. The maximum absolute atomic E-state index is 12.3. The molecule has 1 amide bonds. The van der Waals surface area contributed by atoms with Gasteiger partial charge in [-0.2, -0.15) is 11.8 Å². The van der Waals surface area contributed by atoms with Crippen molar-refractivity contribution in [3.8, 4) is 0 Å². The summed E-state index contributed by atoms with van der Waals surface area (Å²) < 4.78 is 10.6. The average molecular weight is 347 g/mol. The molecule has 1 aliphatic rings. The van der Waals surface area contributed by atoms with Gasteiger partial charge in [-0.1, -0.05) is 37.5 Å². The first kappa shape index (κ1) is 16.9. The van der Waals surface area contributed by atoms with Gasteiger partial charge in [0, 0.05) is 22.0 Å². The van der Waals surface area contributed by atoms with Crippen LogP contribution in [0.4, 0.5) is 0 Å². The minimum absolute atomic E-state index is 0.181. The van der Waals surface area contributed by atoms with Gasteiger partial charge in [0.25, 0.3) is 5.91 Å². The van der Waals surface area contributed by atoms with Gasteiger partial charge in [-0.3, -0.25) is 4.79 Å². The molecule has 1 saturated carbocycles. The van der Waals surface area contributed by atoms with E-state index in [4.69, 9.17) is 14.9 Å². The van der Waals surface area contributed by atoms with Crippen molar-refractivity contribution in [1.82, 2.24) is 0 Å². The Morgan fingerprint density at radius 2 is 1.96 bits per heavy atom. The Bertz CT molecular complexity index is 734. The van der Waals surface area contributed by atoms with Crippen LogP contribution in [0.15, 0.2) is 28.7 Å². The summed E-state index contributed by atoms with van der Waals surface area (Å²) in [6.45, 7) is -0.439. The second-order valence-corrected chi connectivity index (χ2v) is 7.31. The van der Waals surface area contributed by atoms with Gasteiger partial charge >= 0.3 is 5.97 Å². The number of nitrogens with two attached hydrogens (primary N) is 1. The molecule has 1 aromatic heterocycles. The average Bonchev–Trinajstić information content (AvgIpc) is 2.97. The fourth-order valence-corrected chi connectivity index (χ4v) is 4.40. The van der Waals surface area contributed by atoms with Gasteiger partial charge in [-0.15, -0.1) is 0 Å². The van der Waals surface area contributed by atoms with Crippen LogP contribution in [0.5, 0.6) is 0 Å². The van der Waals surface area contributed by atoms with Crippen LogP contribution in [-0.2, 0) is 15.3 Å². The Balaban J connectivity index is 1.81. The molecular weight excluding hydrogens is 326 g/mol. The molecule has 0 unspecified atom stereocenters. The number of benzene rings is 1. The van der Waals surface area contributed by atoms with Crippen molar-refractivity contribution in [3.63, 3.8) is 0 Å². The summed E-state index contributed by atoms with van der Waals surface area (Å²) in [7, 11) is 0. The molecule has 3 rings (SSSR count). The van der Waals surface area contributed by atoms with Crippen molar-refractivity contribution in [3.05, 3.63) is 35.6 Å². The molecular formula is C18H21NO4S. The van der Waals surface area contributed by atoms with Crippen molar-refractivity contribution >= 4 is 34.6 Å². The summed E-state index contributed by atoms with van der Waals surface area (Å²) in [5.74, 6) is -0.439. The highest BCUT2D eigenvalue weighted by Gasteiger charge is 2.23. The van der Waals surface area contributed by atoms with Crippen molar-refractivity contribution in [1.29, 1.82) is 0 Å². The van der Waals surface area contributed by atoms with Crippen molar-refractivity contribution in [2.75, 3.05) is 6.61 Å². The molecule has 2 aromatic rings. The van der Waals surface area contributed by atoms with Gasteiger partial charge in [0.2, 0.25) is 5.76 Å². The molecule has 0 saturated heterocycles. The van der Waals surface area contributed by atoms with Crippen molar-refractivity contribution in [2.45, 2.75) is 43.1 Å². The minimum atomic E-state index is -0.683. The third-order valence-electron chi connectivity index (χ3n) is 4.24. The number of amides is 1. The fourth-order valence-electron chi connectivity index (χ4n) is 3.04. The lowest BCUT2D eigenvalue weighted by atomic mass is 10.0. The van der Waals surface area contributed by atoms with Crippen molar-refractivity contribution in [2.24, 2.45) is 5.73 Å². The summed E-state index contributed by atoms with van der Waals surface area (Å²) in [6, 6.07) is 7.56. The van der Waals surface area contributed by atoms with Gasteiger partial charge in [0.15, 0.2) is 6.61 Å². The summed E-state index contributed by atoms with van der Waals surface area (Å²) in [5, 5.41) is 1.55. The maximum atomic E-state index is 12.3. The molecule has 1 fully saturated rings. The monoisotopic (exact) mass is 347 g/mol. The lowest BCUT2D eigenvalue weighted by Gasteiger charge is -2.20. The second kappa shape index (κ2) is 7.75. The molecule has 1 aliphatic carbocycles. The van der Waals surface area contributed by atoms with E-state index < -0.39 is 18.5 Å². The number of ether oxygens (including phenoxy) is 1. The van der Waals surface area contributed by atoms with E-state index >= 15 is 0 Å². The number of thioether (sulfide) groups is 1. The van der Waals surface area contributed by atoms with E-state index in [1.54, 1.807) is 0 Å². The molecule has 128 valence electrons. The third-order valence-corrected chi connectivity index (χ3v) is 5.64. The smallest absolute Gasteiger partial charge is 0.375 e. The zero-order valence-corrected chi connectivity index (χ0v) is 14.3. The van der Waals surface area contributed by atoms with Gasteiger partial charge in [-0.05, 0) is 18.9 Å². The minimum Gasteiger partial charge on any atom is -0.450 e. The summed E-state index contributed by atoms with van der Waals surface area (Å²) >= 11 is 1.87. The topological polar surface area (TPSA) is 82.5 Å². The Hall–Kier alpha value is -1.95. The van der Waals surface area contributed by atoms with Crippen LogP contribution in [0, 0.1) is 0 Å². The summed E-state index contributed by atoms with van der Waals surface area (Å²) in [6.07, 6.45) is 6.31. The predicted octanol–water partition coefficient (Wildman–Crippen LogP) is 3.64. The molecule has 6 heteroatoms. The van der Waals surface area contributed by atoms with Gasteiger partial charge in [0.05, 0.1) is 0 Å². The van der Waals surface area contributed by atoms with E-state index in [0.717, 1.165) is 10.9 Å². The normalized spacial score (nSPS) is 15.5. The number of primary amides is 1. The lowest BCUT2D eigenvalue weighted by molar-refractivity contribution is -0.121. The van der Waals surface area contributed by atoms with Gasteiger partial charge in [-0.25, -0.2) is 4.79 Å². The van der Waals surface area contributed by atoms with Gasteiger partial charge in [0.1, 0.15) is 5.58 Å². The summed E-state index contributed by atoms with van der Waals surface area (Å²) in [4.78, 5) is 23.1. The number of para-hydroxylation sites is 1. The number of hydrogen-bond donors (Lipinski definition) is 1. The summed E-state index contributed by atoms with van der Waals surface area (Å²) in [5.41, 5.74) is 6.54. The van der Waals surface area contributed by atoms with Crippen LogP contribution in [0.2, 0.25) is 0 Å². The Morgan fingerprint density at radius 3 is 2.71 bits per heavy atom.